The van der Waals surface area contributed by atoms with Gasteiger partial charge in [-0.3, -0.25) is 24.3 Å². The highest BCUT2D eigenvalue weighted by Crippen LogP contribution is 2.24. The Balaban J connectivity index is 1.92. The van der Waals surface area contributed by atoms with E-state index in [2.05, 4.69) is 0 Å². The van der Waals surface area contributed by atoms with Crippen LogP contribution in [0.5, 0.6) is 17.4 Å². The van der Waals surface area contributed by atoms with Crippen molar-refractivity contribution < 1.29 is 24.3 Å². The summed E-state index contributed by atoms with van der Waals surface area (Å²) >= 11 is 0. The average Bonchev–Trinajstić information content (AvgIpc) is 2.81. The predicted octanol–water partition coefficient (Wildman–Crippen LogP) is 2.96. The molecule has 0 unspecified atom stereocenters. The van der Waals surface area contributed by atoms with Crippen molar-refractivity contribution in [3.63, 3.8) is 0 Å². The number of non-ortho nitro benzene ring substituents is 1. The Morgan fingerprint density at radius 2 is 1.76 bits per heavy atom. The van der Waals surface area contributed by atoms with Gasteiger partial charge in [-0.25, -0.2) is 0 Å². The van der Waals surface area contributed by atoms with Crippen LogP contribution in [0.2, 0.25) is 0 Å². The summed E-state index contributed by atoms with van der Waals surface area (Å²) in [5.41, 5.74) is -0.645. The number of pyridine rings is 1. The minimum atomic E-state index is -0.726. The van der Waals surface area contributed by atoms with Gasteiger partial charge in [0.25, 0.3) is 11.2 Å². The number of ketones is 1. The summed E-state index contributed by atoms with van der Waals surface area (Å²) in [7, 11) is 1.52. The minimum absolute atomic E-state index is 0.0447. The normalized spacial score (nSPS) is 10.3. The molecular formula is C23H19N3O7. The number of nitrogens with zero attached hydrogens (tertiary/aromatic N) is 3. The maximum absolute atomic E-state index is 12.9. The molecule has 0 aliphatic carbocycles. The summed E-state index contributed by atoms with van der Waals surface area (Å²) in [6.45, 7) is 0.807. The lowest BCUT2D eigenvalue weighted by molar-refractivity contribution is -0.384. The fourth-order valence-corrected chi connectivity index (χ4v) is 3.23. The number of aromatic nitrogens is 1. The van der Waals surface area contributed by atoms with E-state index in [0.29, 0.717) is 11.3 Å². The van der Waals surface area contributed by atoms with Crippen LogP contribution in [0, 0.1) is 28.4 Å². The van der Waals surface area contributed by atoms with Crippen LogP contribution in [0.15, 0.2) is 53.3 Å². The van der Waals surface area contributed by atoms with Gasteiger partial charge in [0.2, 0.25) is 11.7 Å². The lowest BCUT2D eigenvalue weighted by Crippen LogP contribution is -2.28. The van der Waals surface area contributed by atoms with Gasteiger partial charge in [-0.1, -0.05) is 12.1 Å². The quantitative estimate of drug-likeness (QED) is 0.314. The van der Waals surface area contributed by atoms with E-state index in [0.717, 1.165) is 4.57 Å². The standard InChI is InChI=1S/C23H19N3O7/c1-14-19(11-24)22(28)25(12-15-3-7-17(32-2)8-4-15)23(29)21(14)20(27)13-33-18-9-5-16(6-10-18)26(30)31/h3-10,29H,12-13H2,1-2H3. The molecule has 3 aromatic rings. The molecule has 0 saturated heterocycles. The fraction of sp³-hybridized carbons (Fsp3) is 0.174. The van der Waals surface area contributed by atoms with Crippen molar-refractivity contribution >= 4 is 11.5 Å². The number of carbonyl (C=O) groups excluding carboxylic acids is 1. The largest absolute Gasteiger partial charge is 0.497 e. The molecular weight excluding hydrogens is 430 g/mol. The molecule has 0 fully saturated rings. The minimum Gasteiger partial charge on any atom is -0.497 e. The molecule has 0 spiro atoms. The summed E-state index contributed by atoms with van der Waals surface area (Å²) in [6.07, 6.45) is 0. The molecule has 2 aromatic carbocycles. The Hall–Kier alpha value is -4.65. The zero-order valence-corrected chi connectivity index (χ0v) is 17.8. The number of ether oxygens (including phenoxy) is 2. The number of hydrogen-bond acceptors (Lipinski definition) is 8. The number of nitro groups is 1. The molecule has 3 rings (SSSR count). The van der Waals surface area contributed by atoms with Crippen LogP contribution < -0.4 is 15.0 Å². The first kappa shape index (κ1) is 23.0. The smallest absolute Gasteiger partial charge is 0.271 e. The van der Waals surface area contributed by atoms with Crippen molar-refractivity contribution in [1.29, 1.82) is 5.26 Å². The van der Waals surface area contributed by atoms with Crippen LogP contribution >= 0.6 is 0 Å². The Morgan fingerprint density at radius 3 is 2.30 bits per heavy atom. The number of hydrogen-bond donors (Lipinski definition) is 1. The van der Waals surface area contributed by atoms with Gasteiger partial charge in [-0.2, -0.15) is 5.26 Å². The Labute approximate surface area is 188 Å². The Bertz CT molecular complexity index is 1300. The van der Waals surface area contributed by atoms with Crippen LogP contribution in [0.25, 0.3) is 0 Å². The molecule has 0 radical (unpaired) electrons. The van der Waals surface area contributed by atoms with Crippen molar-refractivity contribution in [2.75, 3.05) is 13.7 Å². The maximum Gasteiger partial charge on any atom is 0.271 e. The number of Topliss-reactive ketones (excluding diaryl/α,β-unsaturated/α-hetero) is 1. The van der Waals surface area contributed by atoms with E-state index in [1.54, 1.807) is 30.3 Å². The van der Waals surface area contributed by atoms with Gasteiger partial charge in [-0.05, 0) is 42.3 Å². The zero-order chi connectivity index (χ0) is 24.1. The maximum atomic E-state index is 12.9. The topological polar surface area (TPSA) is 145 Å². The zero-order valence-electron chi connectivity index (χ0n) is 17.8. The van der Waals surface area contributed by atoms with Gasteiger partial charge in [0.15, 0.2) is 6.61 Å². The molecule has 0 atom stereocenters. The molecule has 0 amide bonds. The monoisotopic (exact) mass is 449 g/mol. The van der Waals surface area contributed by atoms with Gasteiger partial charge in [0.1, 0.15) is 23.1 Å². The van der Waals surface area contributed by atoms with E-state index in [1.165, 1.54) is 38.3 Å². The van der Waals surface area contributed by atoms with Gasteiger partial charge >= 0.3 is 0 Å². The van der Waals surface area contributed by atoms with E-state index in [1.807, 2.05) is 0 Å². The second-order valence-corrected chi connectivity index (χ2v) is 7.01. The highest BCUT2D eigenvalue weighted by atomic mass is 16.6. The highest BCUT2D eigenvalue weighted by Gasteiger charge is 2.24. The van der Waals surface area contributed by atoms with E-state index in [4.69, 9.17) is 9.47 Å². The molecule has 1 heterocycles. The molecule has 0 aliphatic rings. The predicted molar refractivity (Wildman–Crippen MR) is 117 cm³/mol. The SMILES string of the molecule is COc1ccc(Cn2c(O)c(C(=O)COc3ccc([N+](=O)[O-])cc3)c(C)c(C#N)c2=O)cc1. The number of aromatic hydroxyl groups is 1. The third kappa shape index (κ3) is 4.83. The Morgan fingerprint density at radius 1 is 1.15 bits per heavy atom. The second kappa shape index (κ2) is 9.65. The summed E-state index contributed by atoms with van der Waals surface area (Å²) < 4.78 is 11.4. The number of methoxy groups -OCH3 is 1. The van der Waals surface area contributed by atoms with Crippen LogP contribution in [-0.4, -0.2) is 34.1 Å². The van der Waals surface area contributed by atoms with Gasteiger partial charge in [-0.15, -0.1) is 0 Å². The van der Waals surface area contributed by atoms with Crippen molar-refractivity contribution in [2.24, 2.45) is 0 Å². The van der Waals surface area contributed by atoms with Crippen LogP contribution in [0.1, 0.15) is 27.0 Å². The molecule has 10 heteroatoms. The third-order valence-corrected chi connectivity index (χ3v) is 5.00. The molecule has 1 aromatic heterocycles. The van der Waals surface area contributed by atoms with Crippen molar-refractivity contribution in [1.82, 2.24) is 4.57 Å². The van der Waals surface area contributed by atoms with Crippen LogP contribution in [0.3, 0.4) is 0 Å². The second-order valence-electron chi connectivity index (χ2n) is 7.01. The summed E-state index contributed by atoms with van der Waals surface area (Å²) in [6, 6.07) is 13.7. The first-order valence-electron chi connectivity index (χ1n) is 9.66. The average molecular weight is 449 g/mol. The number of nitriles is 1. The van der Waals surface area contributed by atoms with E-state index < -0.39 is 28.8 Å². The van der Waals surface area contributed by atoms with Crippen LogP contribution in [-0.2, 0) is 6.54 Å². The summed E-state index contributed by atoms with van der Waals surface area (Å²) in [4.78, 5) is 35.8. The molecule has 1 N–H and O–H groups in total. The lowest BCUT2D eigenvalue weighted by Gasteiger charge is -2.16. The Kier molecular flexibility index (Phi) is 6.74. The van der Waals surface area contributed by atoms with E-state index in [9.17, 15) is 30.1 Å². The molecule has 33 heavy (non-hydrogen) atoms. The van der Waals surface area contributed by atoms with Gasteiger partial charge < -0.3 is 14.6 Å². The molecule has 0 aliphatic heterocycles. The summed E-state index contributed by atoms with van der Waals surface area (Å²) in [5, 5.41) is 31.0. The van der Waals surface area contributed by atoms with E-state index >= 15 is 0 Å². The lowest BCUT2D eigenvalue weighted by atomic mass is 10.0. The van der Waals surface area contributed by atoms with Crippen molar-refractivity contribution in [3.8, 4) is 23.4 Å². The molecule has 0 bridgehead atoms. The number of nitro benzene ring substituents is 1. The number of rotatable bonds is 8. The van der Waals surface area contributed by atoms with Crippen LogP contribution in [0.4, 0.5) is 5.69 Å². The molecule has 168 valence electrons. The molecule has 0 saturated carbocycles. The first-order valence-corrected chi connectivity index (χ1v) is 9.66. The number of benzene rings is 2. The third-order valence-electron chi connectivity index (χ3n) is 5.00. The summed E-state index contributed by atoms with van der Waals surface area (Å²) in [5.74, 6) is -0.428. The van der Waals surface area contributed by atoms with Gasteiger partial charge in [0, 0.05) is 12.1 Å². The highest BCUT2D eigenvalue weighted by molar-refractivity contribution is 6.01. The fourth-order valence-electron chi connectivity index (χ4n) is 3.23. The van der Waals surface area contributed by atoms with E-state index in [-0.39, 0.29) is 34.7 Å². The van der Waals surface area contributed by atoms with Gasteiger partial charge in [0.05, 0.1) is 24.1 Å². The van der Waals surface area contributed by atoms with Crippen molar-refractivity contribution in [3.05, 3.63) is 91.3 Å². The van der Waals surface area contributed by atoms with Crippen molar-refractivity contribution in [2.45, 2.75) is 13.5 Å². The molecule has 10 nitrogen and oxygen atoms in total. The number of carbonyl (C=O) groups is 1. The first-order chi connectivity index (χ1) is 15.8.